The van der Waals surface area contributed by atoms with Crippen molar-refractivity contribution in [3.05, 3.63) is 29.8 Å². The van der Waals surface area contributed by atoms with E-state index < -0.39 is 0 Å². The van der Waals surface area contributed by atoms with E-state index in [2.05, 4.69) is 55.7 Å². The van der Waals surface area contributed by atoms with Gasteiger partial charge >= 0.3 is 0 Å². The summed E-state index contributed by atoms with van der Waals surface area (Å²) in [5.41, 5.74) is 2.41. The normalized spacial score (nSPS) is 10.6. The molecule has 1 aromatic carbocycles. The van der Waals surface area contributed by atoms with Crippen molar-refractivity contribution in [3.8, 4) is 0 Å². The maximum absolute atomic E-state index is 11.6. The lowest BCUT2D eigenvalue weighted by molar-refractivity contribution is -0.120. The van der Waals surface area contributed by atoms with E-state index >= 15 is 0 Å². The molecule has 20 heavy (non-hydrogen) atoms. The van der Waals surface area contributed by atoms with Gasteiger partial charge in [0, 0.05) is 25.2 Å². The standard InChI is InChI=1S/C17H28N2O/c1-4-5-6-12-19-17(20)11-13-18-16-9-7-15(8-10-16)14(2)3/h7-10,14,18H,4-6,11-13H2,1-3H3,(H,19,20). The molecule has 1 rings (SSSR count). The molecule has 3 heteroatoms. The van der Waals surface area contributed by atoms with Crippen molar-refractivity contribution in [2.75, 3.05) is 18.4 Å². The number of benzene rings is 1. The van der Waals surface area contributed by atoms with Gasteiger partial charge in [-0.2, -0.15) is 0 Å². The van der Waals surface area contributed by atoms with Crippen molar-refractivity contribution >= 4 is 11.6 Å². The molecule has 0 atom stereocenters. The van der Waals surface area contributed by atoms with Crippen molar-refractivity contribution in [3.63, 3.8) is 0 Å². The molecule has 0 aromatic heterocycles. The van der Waals surface area contributed by atoms with Crippen molar-refractivity contribution in [1.82, 2.24) is 5.32 Å². The number of hydrogen-bond acceptors (Lipinski definition) is 2. The van der Waals surface area contributed by atoms with E-state index in [0.717, 1.165) is 18.7 Å². The van der Waals surface area contributed by atoms with Gasteiger partial charge in [0.05, 0.1) is 0 Å². The maximum Gasteiger partial charge on any atom is 0.221 e. The topological polar surface area (TPSA) is 41.1 Å². The van der Waals surface area contributed by atoms with Gasteiger partial charge in [-0.25, -0.2) is 0 Å². The van der Waals surface area contributed by atoms with Crippen LogP contribution in [0.3, 0.4) is 0 Å². The van der Waals surface area contributed by atoms with Crippen LogP contribution in [0, 0.1) is 0 Å². The van der Waals surface area contributed by atoms with Crippen molar-refractivity contribution in [2.24, 2.45) is 0 Å². The van der Waals surface area contributed by atoms with Gasteiger partial charge in [-0.05, 0) is 30.0 Å². The van der Waals surface area contributed by atoms with Crippen molar-refractivity contribution in [1.29, 1.82) is 0 Å². The Bertz CT molecular complexity index is 384. The molecule has 112 valence electrons. The lowest BCUT2D eigenvalue weighted by Gasteiger charge is -2.09. The van der Waals surface area contributed by atoms with E-state index in [0.29, 0.717) is 18.9 Å². The molecule has 1 aromatic rings. The highest BCUT2D eigenvalue weighted by molar-refractivity contribution is 5.76. The van der Waals surface area contributed by atoms with Gasteiger partial charge in [0.1, 0.15) is 0 Å². The third-order valence-corrected chi connectivity index (χ3v) is 3.36. The van der Waals surface area contributed by atoms with Gasteiger partial charge in [-0.3, -0.25) is 4.79 Å². The zero-order valence-corrected chi connectivity index (χ0v) is 13.0. The highest BCUT2D eigenvalue weighted by Crippen LogP contribution is 2.16. The van der Waals surface area contributed by atoms with Crippen LogP contribution in [0.1, 0.15) is 57.9 Å². The van der Waals surface area contributed by atoms with Crippen LogP contribution in [0.15, 0.2) is 24.3 Å². The highest BCUT2D eigenvalue weighted by Gasteiger charge is 2.01. The van der Waals surface area contributed by atoms with E-state index in [9.17, 15) is 4.79 Å². The molecule has 0 aliphatic heterocycles. The molecule has 0 unspecified atom stereocenters. The summed E-state index contributed by atoms with van der Waals surface area (Å²) in [5, 5.41) is 6.23. The Morgan fingerprint density at radius 3 is 2.40 bits per heavy atom. The molecule has 0 fully saturated rings. The second-order valence-electron chi connectivity index (χ2n) is 5.51. The number of unbranched alkanes of at least 4 members (excludes halogenated alkanes) is 2. The first-order valence-electron chi connectivity index (χ1n) is 7.74. The van der Waals surface area contributed by atoms with Crippen LogP contribution >= 0.6 is 0 Å². The minimum absolute atomic E-state index is 0.132. The van der Waals surface area contributed by atoms with E-state index in [4.69, 9.17) is 0 Å². The van der Waals surface area contributed by atoms with Crippen LogP contribution < -0.4 is 10.6 Å². The molecule has 2 N–H and O–H groups in total. The quantitative estimate of drug-likeness (QED) is 0.671. The third-order valence-electron chi connectivity index (χ3n) is 3.36. The van der Waals surface area contributed by atoms with Gasteiger partial charge < -0.3 is 10.6 Å². The number of carbonyl (C=O) groups excluding carboxylic acids is 1. The Labute approximate surface area is 123 Å². The predicted octanol–water partition coefficient (Wildman–Crippen LogP) is 3.92. The SMILES string of the molecule is CCCCCNC(=O)CCNc1ccc(C(C)C)cc1. The predicted molar refractivity (Wildman–Crippen MR) is 86.2 cm³/mol. The van der Waals surface area contributed by atoms with Crippen molar-refractivity contribution < 1.29 is 4.79 Å². The second kappa shape index (κ2) is 9.40. The Morgan fingerprint density at radius 2 is 1.80 bits per heavy atom. The Hall–Kier alpha value is -1.51. The molecular formula is C17H28N2O. The molecule has 0 heterocycles. The summed E-state index contributed by atoms with van der Waals surface area (Å²) >= 11 is 0. The molecular weight excluding hydrogens is 248 g/mol. The fraction of sp³-hybridized carbons (Fsp3) is 0.588. The van der Waals surface area contributed by atoms with E-state index in [-0.39, 0.29) is 5.91 Å². The fourth-order valence-corrected chi connectivity index (χ4v) is 2.00. The first-order chi connectivity index (χ1) is 9.63. The summed E-state index contributed by atoms with van der Waals surface area (Å²) in [4.78, 5) is 11.6. The third kappa shape index (κ3) is 6.60. The molecule has 1 amide bonds. The molecule has 0 saturated heterocycles. The van der Waals surface area contributed by atoms with E-state index in [1.54, 1.807) is 0 Å². The van der Waals surface area contributed by atoms with E-state index in [1.165, 1.54) is 18.4 Å². The van der Waals surface area contributed by atoms with Gasteiger partial charge in [-0.15, -0.1) is 0 Å². The number of amides is 1. The van der Waals surface area contributed by atoms with Crippen LogP contribution in [-0.4, -0.2) is 19.0 Å². The number of rotatable bonds is 9. The average molecular weight is 276 g/mol. The minimum atomic E-state index is 0.132. The molecule has 0 aliphatic rings. The van der Waals surface area contributed by atoms with Gasteiger partial charge in [0.15, 0.2) is 0 Å². The molecule has 0 saturated carbocycles. The highest BCUT2D eigenvalue weighted by atomic mass is 16.1. The maximum atomic E-state index is 11.6. The minimum Gasteiger partial charge on any atom is -0.385 e. The molecule has 3 nitrogen and oxygen atoms in total. The lowest BCUT2D eigenvalue weighted by atomic mass is 10.0. The number of anilines is 1. The average Bonchev–Trinajstić information content (AvgIpc) is 2.44. The summed E-state index contributed by atoms with van der Waals surface area (Å²) in [6.07, 6.45) is 3.97. The Morgan fingerprint density at radius 1 is 1.10 bits per heavy atom. The summed E-state index contributed by atoms with van der Waals surface area (Å²) in [5.74, 6) is 0.686. The smallest absolute Gasteiger partial charge is 0.221 e. The number of nitrogens with one attached hydrogen (secondary N) is 2. The summed E-state index contributed by atoms with van der Waals surface area (Å²) in [7, 11) is 0. The van der Waals surface area contributed by atoms with Crippen LogP contribution in [0.5, 0.6) is 0 Å². The largest absolute Gasteiger partial charge is 0.385 e. The summed E-state index contributed by atoms with van der Waals surface area (Å²) < 4.78 is 0. The molecule has 0 spiro atoms. The van der Waals surface area contributed by atoms with Crippen LogP contribution in [0.25, 0.3) is 0 Å². The molecule has 0 aliphatic carbocycles. The van der Waals surface area contributed by atoms with Gasteiger partial charge in [-0.1, -0.05) is 45.7 Å². The Kier molecular flexibility index (Phi) is 7.78. The molecule has 0 radical (unpaired) electrons. The number of carbonyl (C=O) groups is 1. The van der Waals surface area contributed by atoms with Gasteiger partial charge in [0.25, 0.3) is 0 Å². The number of hydrogen-bond donors (Lipinski definition) is 2. The van der Waals surface area contributed by atoms with Crippen LogP contribution in [0.2, 0.25) is 0 Å². The van der Waals surface area contributed by atoms with Crippen molar-refractivity contribution in [2.45, 2.75) is 52.4 Å². The van der Waals surface area contributed by atoms with E-state index in [1.807, 2.05) is 0 Å². The second-order valence-corrected chi connectivity index (χ2v) is 5.51. The first-order valence-corrected chi connectivity index (χ1v) is 7.74. The zero-order chi connectivity index (χ0) is 14.8. The monoisotopic (exact) mass is 276 g/mol. The lowest BCUT2D eigenvalue weighted by Crippen LogP contribution is -2.26. The molecule has 0 bridgehead atoms. The fourth-order valence-electron chi connectivity index (χ4n) is 2.00. The Balaban J connectivity index is 2.18. The summed E-state index contributed by atoms with van der Waals surface area (Å²) in [6, 6.07) is 8.43. The zero-order valence-electron chi connectivity index (χ0n) is 13.0. The first kappa shape index (κ1) is 16.5. The van der Waals surface area contributed by atoms with Crippen LogP contribution in [0.4, 0.5) is 5.69 Å². The van der Waals surface area contributed by atoms with Gasteiger partial charge in [0.2, 0.25) is 5.91 Å². The summed E-state index contributed by atoms with van der Waals surface area (Å²) in [6.45, 7) is 8.02. The van der Waals surface area contributed by atoms with Crippen LogP contribution in [-0.2, 0) is 4.79 Å².